The van der Waals surface area contributed by atoms with E-state index >= 15 is 0 Å². The molecular formula is C28H28N2O3S. The SMILES string of the molecule is CC1Cc2c(OCc3ccc(-c4ccccc4)cn3)ccc3[nH]c(CC(C)(C)C(=O)O)c(c23)S1. The van der Waals surface area contributed by atoms with Gasteiger partial charge in [-0.1, -0.05) is 43.3 Å². The fourth-order valence-corrected chi connectivity index (χ4v) is 5.73. The minimum absolute atomic E-state index is 0.381. The molecule has 3 heterocycles. The highest BCUT2D eigenvalue weighted by Gasteiger charge is 2.32. The van der Waals surface area contributed by atoms with Crippen molar-refractivity contribution in [2.45, 2.75) is 50.4 Å². The van der Waals surface area contributed by atoms with E-state index in [1.165, 1.54) is 10.9 Å². The molecule has 0 spiro atoms. The van der Waals surface area contributed by atoms with Gasteiger partial charge in [-0.2, -0.15) is 0 Å². The number of benzene rings is 2. The van der Waals surface area contributed by atoms with Crippen LogP contribution in [0.25, 0.3) is 22.0 Å². The Bertz CT molecular complexity index is 1340. The molecule has 1 unspecified atom stereocenters. The fraction of sp³-hybridized carbons (Fsp3) is 0.286. The van der Waals surface area contributed by atoms with Crippen LogP contribution in [0.1, 0.15) is 37.7 Å². The molecular weight excluding hydrogens is 444 g/mol. The number of nitrogens with zero attached hydrogens (tertiary/aromatic N) is 1. The van der Waals surface area contributed by atoms with Gasteiger partial charge in [0, 0.05) is 50.5 Å². The summed E-state index contributed by atoms with van der Waals surface area (Å²) in [6.45, 7) is 6.15. The molecule has 0 aliphatic carbocycles. The zero-order valence-corrected chi connectivity index (χ0v) is 20.4. The van der Waals surface area contributed by atoms with Crippen LogP contribution < -0.4 is 4.74 Å². The fourth-order valence-electron chi connectivity index (χ4n) is 4.47. The van der Waals surface area contributed by atoms with Gasteiger partial charge in [-0.05, 0) is 44.0 Å². The predicted octanol–water partition coefficient (Wildman–Crippen LogP) is 6.50. The zero-order chi connectivity index (χ0) is 23.9. The number of carboxylic acid groups (broad SMARTS) is 1. The number of thioether (sulfide) groups is 1. The number of aromatic amines is 1. The van der Waals surface area contributed by atoms with Gasteiger partial charge in [0.15, 0.2) is 0 Å². The van der Waals surface area contributed by atoms with E-state index in [1.54, 1.807) is 13.8 Å². The third kappa shape index (κ3) is 4.30. The van der Waals surface area contributed by atoms with Crippen molar-refractivity contribution in [1.82, 2.24) is 9.97 Å². The smallest absolute Gasteiger partial charge is 0.309 e. The highest BCUT2D eigenvalue weighted by Crippen LogP contribution is 2.46. The van der Waals surface area contributed by atoms with Gasteiger partial charge < -0.3 is 14.8 Å². The number of H-pyrrole nitrogens is 1. The van der Waals surface area contributed by atoms with Gasteiger partial charge >= 0.3 is 5.97 Å². The molecule has 2 N–H and O–H groups in total. The van der Waals surface area contributed by atoms with Gasteiger partial charge in [-0.25, -0.2) is 0 Å². The lowest BCUT2D eigenvalue weighted by atomic mass is 9.88. The number of pyridine rings is 1. The van der Waals surface area contributed by atoms with Gasteiger partial charge in [-0.3, -0.25) is 9.78 Å². The van der Waals surface area contributed by atoms with Crippen LogP contribution in [0, 0.1) is 5.41 Å². The lowest BCUT2D eigenvalue weighted by Crippen LogP contribution is -2.26. The van der Waals surface area contributed by atoms with Crippen molar-refractivity contribution >= 4 is 28.6 Å². The largest absolute Gasteiger partial charge is 0.487 e. The van der Waals surface area contributed by atoms with E-state index in [1.807, 2.05) is 54.4 Å². The Hall–Kier alpha value is -3.25. The van der Waals surface area contributed by atoms with E-state index in [9.17, 15) is 9.90 Å². The molecule has 6 heteroatoms. The Morgan fingerprint density at radius 2 is 1.94 bits per heavy atom. The number of aromatic nitrogens is 2. The Morgan fingerprint density at radius 3 is 2.65 bits per heavy atom. The van der Waals surface area contributed by atoms with Crippen molar-refractivity contribution in [2.24, 2.45) is 5.41 Å². The molecule has 5 nitrogen and oxygen atoms in total. The summed E-state index contributed by atoms with van der Waals surface area (Å²) >= 11 is 1.82. The number of hydrogen-bond acceptors (Lipinski definition) is 4. The highest BCUT2D eigenvalue weighted by atomic mass is 32.2. The van der Waals surface area contributed by atoms with Crippen LogP contribution in [0.2, 0.25) is 0 Å². The Balaban J connectivity index is 1.41. The summed E-state index contributed by atoms with van der Waals surface area (Å²) in [5.41, 5.74) is 5.49. The first-order valence-electron chi connectivity index (χ1n) is 11.5. The quantitative estimate of drug-likeness (QED) is 0.321. The second-order valence-corrected chi connectivity index (χ2v) is 11.0. The van der Waals surface area contributed by atoms with Crippen LogP contribution in [0.4, 0.5) is 0 Å². The molecule has 34 heavy (non-hydrogen) atoms. The van der Waals surface area contributed by atoms with E-state index in [0.717, 1.165) is 45.1 Å². The Labute approximate surface area is 203 Å². The van der Waals surface area contributed by atoms with Crippen LogP contribution in [-0.4, -0.2) is 26.3 Å². The molecule has 0 amide bonds. The molecule has 4 aromatic rings. The Morgan fingerprint density at radius 1 is 1.15 bits per heavy atom. The van der Waals surface area contributed by atoms with Gasteiger partial charge in [0.25, 0.3) is 0 Å². The maximum Gasteiger partial charge on any atom is 0.309 e. The van der Waals surface area contributed by atoms with Crippen molar-refractivity contribution < 1.29 is 14.6 Å². The normalized spacial score (nSPS) is 15.4. The molecule has 0 saturated heterocycles. The molecule has 0 fully saturated rings. The molecule has 0 saturated carbocycles. The van der Waals surface area contributed by atoms with Gasteiger partial charge in [0.05, 0.1) is 11.1 Å². The first-order valence-corrected chi connectivity index (χ1v) is 12.4. The topological polar surface area (TPSA) is 75.2 Å². The molecule has 1 aliphatic rings. The minimum Gasteiger partial charge on any atom is -0.487 e. The van der Waals surface area contributed by atoms with Crippen LogP contribution >= 0.6 is 11.8 Å². The number of carbonyl (C=O) groups is 1. The number of nitrogens with one attached hydrogen (secondary N) is 1. The van der Waals surface area contributed by atoms with E-state index in [4.69, 9.17) is 4.74 Å². The number of ether oxygens (including phenoxy) is 1. The number of rotatable bonds is 7. The minimum atomic E-state index is -0.838. The average molecular weight is 473 g/mol. The van der Waals surface area contributed by atoms with Crippen molar-refractivity contribution in [3.05, 3.63) is 77.7 Å². The van der Waals surface area contributed by atoms with Crippen LogP contribution in [0.3, 0.4) is 0 Å². The van der Waals surface area contributed by atoms with Crippen LogP contribution in [-0.2, 0) is 24.2 Å². The van der Waals surface area contributed by atoms with Crippen LogP contribution in [0.15, 0.2) is 65.7 Å². The van der Waals surface area contributed by atoms with E-state index in [-0.39, 0.29) is 0 Å². The predicted molar refractivity (Wildman–Crippen MR) is 136 cm³/mol. The number of hydrogen-bond donors (Lipinski definition) is 2. The molecule has 2 aromatic heterocycles. The van der Waals surface area contributed by atoms with Crippen molar-refractivity contribution in [2.75, 3.05) is 0 Å². The summed E-state index contributed by atoms with van der Waals surface area (Å²) in [7, 11) is 0. The second kappa shape index (κ2) is 8.84. The highest BCUT2D eigenvalue weighted by molar-refractivity contribution is 8.00. The van der Waals surface area contributed by atoms with E-state index in [2.05, 4.69) is 35.1 Å². The standard InChI is InChI=1S/C28H28N2O3S/c1-17-13-21-24(33-16-20-10-9-19(15-29-20)18-7-5-4-6-8-18)12-11-22-25(21)26(34-17)23(30-22)14-28(2,3)27(31)32/h4-12,15,17,30H,13-14,16H2,1-3H3,(H,31,32). The Kier molecular flexibility index (Phi) is 5.86. The number of carboxylic acids is 1. The van der Waals surface area contributed by atoms with E-state index in [0.29, 0.717) is 18.3 Å². The maximum absolute atomic E-state index is 11.7. The number of aliphatic carboxylic acids is 1. The zero-order valence-electron chi connectivity index (χ0n) is 19.6. The summed E-state index contributed by atoms with van der Waals surface area (Å²) in [6, 6.07) is 18.4. The second-order valence-electron chi connectivity index (χ2n) is 9.59. The van der Waals surface area contributed by atoms with Gasteiger partial charge in [-0.15, -0.1) is 11.8 Å². The third-order valence-corrected chi connectivity index (χ3v) is 7.63. The van der Waals surface area contributed by atoms with Gasteiger partial charge in [0.1, 0.15) is 12.4 Å². The molecule has 1 aliphatic heterocycles. The molecule has 174 valence electrons. The lowest BCUT2D eigenvalue weighted by Gasteiger charge is -2.23. The van der Waals surface area contributed by atoms with E-state index < -0.39 is 11.4 Å². The van der Waals surface area contributed by atoms with Crippen molar-refractivity contribution in [3.63, 3.8) is 0 Å². The summed E-state index contributed by atoms with van der Waals surface area (Å²) in [5, 5.41) is 11.2. The molecule has 5 rings (SSSR count). The molecule has 0 bridgehead atoms. The average Bonchev–Trinajstić information content (AvgIpc) is 3.16. The third-order valence-electron chi connectivity index (χ3n) is 6.37. The summed E-state index contributed by atoms with van der Waals surface area (Å²) in [6.07, 6.45) is 3.25. The monoisotopic (exact) mass is 472 g/mol. The lowest BCUT2D eigenvalue weighted by molar-refractivity contribution is -0.146. The summed E-state index contributed by atoms with van der Waals surface area (Å²) in [5.74, 6) is 0.0834. The summed E-state index contributed by atoms with van der Waals surface area (Å²) < 4.78 is 6.27. The van der Waals surface area contributed by atoms with Crippen LogP contribution in [0.5, 0.6) is 5.75 Å². The molecule has 1 atom stereocenters. The van der Waals surface area contributed by atoms with Crippen molar-refractivity contribution in [1.29, 1.82) is 0 Å². The van der Waals surface area contributed by atoms with Gasteiger partial charge in [0.2, 0.25) is 0 Å². The first-order chi connectivity index (χ1) is 16.3. The molecule has 0 radical (unpaired) electrons. The maximum atomic E-state index is 11.7. The van der Waals surface area contributed by atoms with Crippen molar-refractivity contribution in [3.8, 4) is 16.9 Å². The first kappa shape index (κ1) is 22.5. The summed E-state index contributed by atoms with van der Waals surface area (Å²) in [4.78, 5) is 21.0. The molecule has 2 aromatic carbocycles.